The number of pyridine rings is 1. The second kappa shape index (κ2) is 7.53. The summed E-state index contributed by atoms with van der Waals surface area (Å²) in [7, 11) is 0. The van der Waals surface area contributed by atoms with Gasteiger partial charge in [-0.15, -0.1) is 0 Å². The number of nitrogens with one attached hydrogen (secondary N) is 1. The number of aromatic nitrogens is 3. The molecule has 26 heavy (non-hydrogen) atoms. The third-order valence-electron chi connectivity index (χ3n) is 3.65. The average Bonchev–Trinajstić information content (AvgIpc) is 3.09. The van der Waals surface area contributed by atoms with Gasteiger partial charge in [-0.2, -0.15) is 4.98 Å². The summed E-state index contributed by atoms with van der Waals surface area (Å²) in [5.74, 6) is 0.633. The highest BCUT2D eigenvalue weighted by molar-refractivity contribution is 6.33. The van der Waals surface area contributed by atoms with Gasteiger partial charge in [-0.25, -0.2) is 0 Å². The minimum absolute atomic E-state index is 0.125. The van der Waals surface area contributed by atoms with Crippen LogP contribution in [0, 0.1) is 0 Å². The number of carbonyl (C=O) groups is 1. The molecular weight excluding hydrogens is 356 g/mol. The minimum atomic E-state index is -0.370. The van der Waals surface area contributed by atoms with E-state index in [0.29, 0.717) is 28.0 Å². The Morgan fingerprint density at radius 1 is 1.27 bits per heavy atom. The number of hydrogen-bond acceptors (Lipinski definition) is 5. The van der Waals surface area contributed by atoms with E-state index < -0.39 is 0 Å². The van der Waals surface area contributed by atoms with Crippen molar-refractivity contribution in [3.8, 4) is 11.5 Å². The lowest BCUT2D eigenvalue weighted by molar-refractivity contribution is -0.116. The van der Waals surface area contributed by atoms with Gasteiger partial charge >= 0.3 is 0 Å². The molecule has 0 bridgehead atoms. The maximum atomic E-state index is 12.2. The first-order valence-electron chi connectivity index (χ1n) is 8.03. The predicted molar refractivity (Wildman–Crippen MR) is 98.2 cm³/mol. The fourth-order valence-electron chi connectivity index (χ4n) is 2.28. The van der Waals surface area contributed by atoms with Crippen LogP contribution in [0.25, 0.3) is 11.5 Å². The van der Waals surface area contributed by atoms with Crippen molar-refractivity contribution in [2.75, 3.05) is 5.32 Å². The lowest BCUT2D eigenvalue weighted by Crippen LogP contribution is -2.26. The van der Waals surface area contributed by atoms with Crippen molar-refractivity contribution in [1.82, 2.24) is 14.7 Å². The number of benzene rings is 1. The lowest BCUT2D eigenvalue weighted by Gasteiger charge is -2.09. The fraction of sp³-hybridized carbons (Fsp3) is 0.222. The van der Waals surface area contributed by atoms with Crippen molar-refractivity contribution >= 4 is 23.2 Å². The van der Waals surface area contributed by atoms with Crippen molar-refractivity contribution in [3.63, 3.8) is 0 Å². The van der Waals surface area contributed by atoms with Gasteiger partial charge in [-0.05, 0) is 18.2 Å². The molecule has 0 atom stereocenters. The summed E-state index contributed by atoms with van der Waals surface area (Å²) in [5.41, 5.74) is 0.739. The van der Waals surface area contributed by atoms with Crippen molar-refractivity contribution in [3.05, 3.63) is 63.8 Å². The fourth-order valence-corrected chi connectivity index (χ4v) is 2.46. The van der Waals surface area contributed by atoms with Gasteiger partial charge < -0.3 is 14.4 Å². The molecule has 0 saturated heterocycles. The smallest absolute Gasteiger partial charge is 0.259 e. The molecule has 3 rings (SSSR count). The van der Waals surface area contributed by atoms with E-state index in [2.05, 4.69) is 15.5 Å². The van der Waals surface area contributed by atoms with Crippen LogP contribution in [0.3, 0.4) is 0 Å². The van der Waals surface area contributed by atoms with Crippen LogP contribution in [-0.4, -0.2) is 20.6 Å². The standard InChI is InChI=1S/C18H17ClN4O3/c1-11(2)17-21-18(26-22-17)12-7-8-16(25)23(9-12)10-15(24)20-14-6-4-3-5-13(14)19/h3-9,11H,10H2,1-2H3,(H,20,24). The van der Waals surface area contributed by atoms with Gasteiger partial charge in [0.1, 0.15) is 6.54 Å². The molecule has 1 N–H and O–H groups in total. The molecule has 0 aliphatic carbocycles. The molecule has 7 nitrogen and oxygen atoms in total. The molecule has 0 saturated carbocycles. The molecule has 134 valence electrons. The Bertz CT molecular complexity index is 994. The first-order chi connectivity index (χ1) is 12.4. The zero-order chi connectivity index (χ0) is 18.7. The van der Waals surface area contributed by atoms with Crippen LogP contribution >= 0.6 is 11.6 Å². The number of nitrogens with zero attached hydrogens (tertiary/aromatic N) is 3. The molecule has 3 aromatic rings. The quantitative estimate of drug-likeness (QED) is 0.742. The van der Waals surface area contributed by atoms with E-state index in [-0.39, 0.29) is 23.9 Å². The first-order valence-corrected chi connectivity index (χ1v) is 8.40. The van der Waals surface area contributed by atoms with Crippen LogP contribution in [0.4, 0.5) is 5.69 Å². The molecule has 0 aliphatic heterocycles. The normalized spacial score (nSPS) is 10.9. The van der Waals surface area contributed by atoms with E-state index in [1.54, 1.807) is 30.3 Å². The van der Waals surface area contributed by atoms with Crippen LogP contribution in [0.1, 0.15) is 25.6 Å². The number of hydrogen-bond donors (Lipinski definition) is 1. The SMILES string of the molecule is CC(C)c1noc(-c2ccc(=O)n(CC(=O)Nc3ccccc3Cl)c2)n1. The van der Waals surface area contributed by atoms with E-state index in [9.17, 15) is 9.59 Å². The number of amides is 1. The lowest BCUT2D eigenvalue weighted by atomic mass is 10.2. The zero-order valence-electron chi connectivity index (χ0n) is 14.3. The summed E-state index contributed by atoms with van der Waals surface area (Å²) in [4.78, 5) is 28.6. The molecule has 8 heteroatoms. The minimum Gasteiger partial charge on any atom is -0.334 e. The number of para-hydroxylation sites is 1. The largest absolute Gasteiger partial charge is 0.334 e. The van der Waals surface area contributed by atoms with Crippen LogP contribution in [0.5, 0.6) is 0 Å². The Morgan fingerprint density at radius 3 is 2.73 bits per heavy atom. The van der Waals surface area contributed by atoms with E-state index in [4.69, 9.17) is 16.1 Å². The highest BCUT2D eigenvalue weighted by atomic mass is 35.5. The summed E-state index contributed by atoms with van der Waals surface area (Å²) in [6, 6.07) is 9.83. The Morgan fingerprint density at radius 2 is 2.04 bits per heavy atom. The molecule has 1 amide bonds. The van der Waals surface area contributed by atoms with Gasteiger partial charge in [-0.3, -0.25) is 9.59 Å². The number of anilines is 1. The zero-order valence-corrected chi connectivity index (χ0v) is 15.0. The number of rotatable bonds is 5. The van der Waals surface area contributed by atoms with Crippen molar-refractivity contribution in [1.29, 1.82) is 0 Å². The van der Waals surface area contributed by atoms with Crippen molar-refractivity contribution in [2.45, 2.75) is 26.3 Å². The Kier molecular flexibility index (Phi) is 5.18. The summed E-state index contributed by atoms with van der Waals surface area (Å²) >= 11 is 6.02. The molecule has 2 heterocycles. The maximum absolute atomic E-state index is 12.2. The van der Waals surface area contributed by atoms with E-state index in [1.807, 2.05) is 13.8 Å². The van der Waals surface area contributed by atoms with E-state index in [1.165, 1.54) is 16.8 Å². The van der Waals surface area contributed by atoms with Gasteiger partial charge in [0, 0.05) is 18.2 Å². The van der Waals surface area contributed by atoms with Gasteiger partial charge in [-0.1, -0.05) is 42.7 Å². The Labute approximate surface area is 154 Å². The second-order valence-electron chi connectivity index (χ2n) is 6.02. The number of halogens is 1. The van der Waals surface area contributed by atoms with Crippen molar-refractivity contribution in [2.24, 2.45) is 0 Å². The molecule has 2 aromatic heterocycles. The number of carbonyl (C=O) groups excluding carboxylic acids is 1. The molecule has 0 fully saturated rings. The summed E-state index contributed by atoms with van der Waals surface area (Å²) in [6.07, 6.45) is 1.52. The van der Waals surface area contributed by atoms with E-state index in [0.717, 1.165) is 0 Å². The molecule has 0 spiro atoms. The van der Waals surface area contributed by atoms with E-state index >= 15 is 0 Å². The van der Waals surface area contributed by atoms with Crippen LogP contribution in [0.15, 0.2) is 51.9 Å². The van der Waals surface area contributed by atoms with Crippen LogP contribution in [0.2, 0.25) is 5.02 Å². The van der Waals surface area contributed by atoms with Crippen LogP contribution in [-0.2, 0) is 11.3 Å². The molecule has 0 radical (unpaired) electrons. The molecule has 0 unspecified atom stereocenters. The highest BCUT2D eigenvalue weighted by Gasteiger charge is 2.14. The summed E-state index contributed by atoms with van der Waals surface area (Å²) in [6.45, 7) is 3.74. The maximum Gasteiger partial charge on any atom is 0.259 e. The van der Waals surface area contributed by atoms with Gasteiger partial charge in [0.25, 0.3) is 11.4 Å². The first kappa shape index (κ1) is 17.9. The second-order valence-corrected chi connectivity index (χ2v) is 6.43. The molecule has 1 aromatic carbocycles. The topological polar surface area (TPSA) is 90.0 Å². The summed E-state index contributed by atoms with van der Waals surface area (Å²) in [5, 5.41) is 7.01. The third kappa shape index (κ3) is 4.00. The monoisotopic (exact) mass is 372 g/mol. The third-order valence-corrected chi connectivity index (χ3v) is 3.98. The van der Waals surface area contributed by atoms with Gasteiger partial charge in [0.05, 0.1) is 16.3 Å². The molecule has 0 aliphatic rings. The van der Waals surface area contributed by atoms with Crippen molar-refractivity contribution < 1.29 is 9.32 Å². The van der Waals surface area contributed by atoms with Crippen LogP contribution < -0.4 is 10.9 Å². The molecular formula is C18H17ClN4O3. The average molecular weight is 373 g/mol. The Balaban J connectivity index is 1.80. The predicted octanol–water partition coefficient (Wildman–Crippen LogP) is 3.31. The highest BCUT2D eigenvalue weighted by Crippen LogP contribution is 2.21. The Hall–Kier alpha value is -2.93. The summed E-state index contributed by atoms with van der Waals surface area (Å²) < 4.78 is 6.51. The van der Waals surface area contributed by atoms with Gasteiger partial charge in [0.15, 0.2) is 5.82 Å². The van der Waals surface area contributed by atoms with Gasteiger partial charge in [0.2, 0.25) is 5.91 Å².